The fourth-order valence-electron chi connectivity index (χ4n) is 1.98. The molecule has 0 bridgehead atoms. The Balaban J connectivity index is 1.91. The molecule has 0 aliphatic rings. The molecule has 0 heterocycles. The molecule has 2 aromatic rings. The van der Waals surface area contributed by atoms with Crippen molar-refractivity contribution in [3.8, 4) is 11.5 Å². The van der Waals surface area contributed by atoms with Crippen LogP contribution in [-0.4, -0.2) is 23.8 Å². The van der Waals surface area contributed by atoms with Crippen LogP contribution in [0.3, 0.4) is 0 Å². The normalized spacial score (nSPS) is 10.6. The first kappa shape index (κ1) is 18.8. The number of halogens is 2. The van der Waals surface area contributed by atoms with Crippen LogP contribution in [0.4, 0.5) is 0 Å². The molecule has 0 aliphatic carbocycles. The molecule has 0 spiro atoms. The molecule has 0 radical (unpaired) electrons. The third-order valence-electron chi connectivity index (χ3n) is 3.18. The summed E-state index contributed by atoms with van der Waals surface area (Å²) in [5, 5.41) is 14.5. The Bertz CT molecular complexity index is 807. The van der Waals surface area contributed by atoms with Crippen LogP contribution < -0.4 is 10.2 Å². The summed E-state index contributed by atoms with van der Waals surface area (Å²) in [6.07, 6.45) is 3.58. The third kappa shape index (κ3) is 5.24. The molecule has 0 saturated heterocycles. The predicted molar refractivity (Wildman–Crippen MR) is 99.7 cm³/mol. The summed E-state index contributed by atoms with van der Waals surface area (Å²) in [6, 6.07) is 10.1. The highest BCUT2D eigenvalue weighted by atomic mass is 35.5. The van der Waals surface area contributed by atoms with Gasteiger partial charge in [-0.25, -0.2) is 5.43 Å². The first-order valence-electron chi connectivity index (χ1n) is 7.33. The van der Waals surface area contributed by atoms with E-state index in [1.165, 1.54) is 6.21 Å². The number of hydrazone groups is 1. The van der Waals surface area contributed by atoms with Gasteiger partial charge in [0.05, 0.1) is 11.2 Å². The summed E-state index contributed by atoms with van der Waals surface area (Å²) in [7, 11) is 0. The van der Waals surface area contributed by atoms with Crippen LogP contribution in [-0.2, 0) is 11.2 Å². The van der Waals surface area contributed by atoms with Crippen LogP contribution >= 0.6 is 23.2 Å². The summed E-state index contributed by atoms with van der Waals surface area (Å²) >= 11 is 11.8. The Morgan fingerprint density at radius 3 is 2.80 bits per heavy atom. The average Bonchev–Trinajstić information content (AvgIpc) is 2.59. The number of aromatic hydroxyl groups is 1. The van der Waals surface area contributed by atoms with Crippen molar-refractivity contribution in [3.05, 3.63) is 70.2 Å². The summed E-state index contributed by atoms with van der Waals surface area (Å²) in [6.45, 7) is 3.36. The van der Waals surface area contributed by atoms with Crippen molar-refractivity contribution in [1.82, 2.24) is 5.43 Å². The summed E-state index contributed by atoms with van der Waals surface area (Å²) < 4.78 is 5.29. The number of rotatable bonds is 7. The average molecular weight is 379 g/mol. The standard InChI is InChI=1S/C18H16Cl2N2O3/c1-2-5-12-6-3-7-13(18(12)24)10-21-22-16(23)11-25-15-9-4-8-14(19)17(15)20/h2-4,6-10,24H,1,5,11H2,(H,22,23). The highest BCUT2D eigenvalue weighted by Gasteiger charge is 2.08. The molecule has 0 fully saturated rings. The van der Waals surface area contributed by atoms with E-state index in [4.69, 9.17) is 27.9 Å². The molecule has 0 unspecified atom stereocenters. The number of carbonyl (C=O) groups excluding carboxylic acids is 1. The van der Waals surface area contributed by atoms with Crippen molar-refractivity contribution in [2.45, 2.75) is 6.42 Å². The molecule has 130 valence electrons. The van der Waals surface area contributed by atoms with Gasteiger partial charge in [-0.15, -0.1) is 6.58 Å². The molecular weight excluding hydrogens is 363 g/mol. The van der Waals surface area contributed by atoms with Crippen LogP contribution in [0.1, 0.15) is 11.1 Å². The zero-order valence-electron chi connectivity index (χ0n) is 13.2. The molecule has 25 heavy (non-hydrogen) atoms. The van der Waals surface area contributed by atoms with Crippen molar-refractivity contribution in [1.29, 1.82) is 0 Å². The lowest BCUT2D eigenvalue weighted by atomic mass is 10.1. The minimum absolute atomic E-state index is 0.0994. The van der Waals surface area contributed by atoms with E-state index in [0.29, 0.717) is 22.8 Å². The molecule has 2 aromatic carbocycles. The van der Waals surface area contributed by atoms with Crippen molar-refractivity contribution < 1.29 is 14.6 Å². The summed E-state index contributed by atoms with van der Waals surface area (Å²) in [5.41, 5.74) is 3.52. The Morgan fingerprint density at radius 1 is 1.28 bits per heavy atom. The van der Waals surface area contributed by atoms with Gasteiger partial charge in [-0.3, -0.25) is 4.79 Å². The zero-order chi connectivity index (χ0) is 18.2. The van der Waals surface area contributed by atoms with Crippen molar-refractivity contribution in [3.63, 3.8) is 0 Å². The quantitative estimate of drug-likeness (QED) is 0.435. The highest BCUT2D eigenvalue weighted by Crippen LogP contribution is 2.31. The minimum Gasteiger partial charge on any atom is -0.507 e. The van der Waals surface area contributed by atoms with Gasteiger partial charge in [0.1, 0.15) is 16.5 Å². The number of benzene rings is 2. The number of nitrogens with zero attached hydrogens (tertiary/aromatic N) is 1. The minimum atomic E-state index is -0.478. The molecule has 2 rings (SSSR count). The molecule has 7 heteroatoms. The van der Waals surface area contributed by atoms with Gasteiger partial charge in [-0.05, 0) is 30.2 Å². The fraction of sp³-hybridized carbons (Fsp3) is 0.111. The SMILES string of the molecule is C=CCc1cccc(C=NNC(=O)COc2cccc(Cl)c2Cl)c1O. The second-order valence-electron chi connectivity index (χ2n) is 4.98. The Labute approximate surface area is 155 Å². The van der Waals surface area contributed by atoms with E-state index in [0.717, 1.165) is 5.56 Å². The van der Waals surface area contributed by atoms with Crippen LogP contribution in [0.2, 0.25) is 10.0 Å². The van der Waals surface area contributed by atoms with Crippen molar-refractivity contribution in [2.75, 3.05) is 6.61 Å². The van der Waals surface area contributed by atoms with Gasteiger partial charge in [-0.2, -0.15) is 5.10 Å². The first-order chi connectivity index (χ1) is 12.0. The lowest BCUT2D eigenvalue weighted by molar-refractivity contribution is -0.123. The summed E-state index contributed by atoms with van der Waals surface area (Å²) in [5.74, 6) is -0.0700. The maximum atomic E-state index is 11.8. The number of hydrogen-bond acceptors (Lipinski definition) is 4. The number of ether oxygens (including phenoxy) is 1. The Kier molecular flexibility index (Phi) is 6.86. The number of para-hydroxylation sites is 1. The number of hydrogen-bond donors (Lipinski definition) is 2. The van der Waals surface area contributed by atoms with E-state index >= 15 is 0 Å². The van der Waals surface area contributed by atoms with Gasteiger partial charge < -0.3 is 9.84 Å². The largest absolute Gasteiger partial charge is 0.507 e. The smallest absolute Gasteiger partial charge is 0.277 e. The molecule has 0 aromatic heterocycles. The van der Waals surface area contributed by atoms with E-state index in [2.05, 4.69) is 17.1 Å². The van der Waals surface area contributed by atoms with E-state index < -0.39 is 5.91 Å². The van der Waals surface area contributed by atoms with Crippen LogP contribution in [0.5, 0.6) is 11.5 Å². The molecule has 0 saturated carbocycles. The highest BCUT2D eigenvalue weighted by molar-refractivity contribution is 6.42. The van der Waals surface area contributed by atoms with E-state index in [1.807, 2.05) is 0 Å². The monoisotopic (exact) mass is 378 g/mol. The van der Waals surface area contributed by atoms with Crippen molar-refractivity contribution >= 4 is 35.3 Å². The third-order valence-corrected chi connectivity index (χ3v) is 3.98. The maximum absolute atomic E-state index is 11.8. The number of carbonyl (C=O) groups is 1. The Hall–Kier alpha value is -2.50. The number of phenols is 1. The van der Waals surface area contributed by atoms with Crippen LogP contribution in [0.15, 0.2) is 54.2 Å². The van der Waals surface area contributed by atoms with E-state index in [1.54, 1.807) is 42.5 Å². The second kappa shape index (κ2) is 9.11. The van der Waals surface area contributed by atoms with Gasteiger partial charge in [0.2, 0.25) is 0 Å². The number of amides is 1. The lowest BCUT2D eigenvalue weighted by Gasteiger charge is -2.07. The van der Waals surface area contributed by atoms with E-state index in [9.17, 15) is 9.90 Å². The zero-order valence-corrected chi connectivity index (χ0v) is 14.7. The van der Waals surface area contributed by atoms with Crippen molar-refractivity contribution in [2.24, 2.45) is 5.10 Å². The molecule has 0 aliphatic heterocycles. The molecule has 2 N–H and O–H groups in total. The first-order valence-corrected chi connectivity index (χ1v) is 8.09. The number of phenolic OH excluding ortho intramolecular Hbond substituents is 1. The topological polar surface area (TPSA) is 70.9 Å². The van der Waals surface area contributed by atoms with Gasteiger partial charge in [-0.1, -0.05) is 47.5 Å². The van der Waals surface area contributed by atoms with Gasteiger partial charge in [0.25, 0.3) is 5.91 Å². The van der Waals surface area contributed by atoms with Crippen LogP contribution in [0, 0.1) is 0 Å². The number of allylic oxidation sites excluding steroid dienone is 1. The molecule has 5 nitrogen and oxygen atoms in total. The van der Waals surface area contributed by atoms with E-state index in [-0.39, 0.29) is 17.4 Å². The number of nitrogens with one attached hydrogen (secondary N) is 1. The molecule has 1 amide bonds. The maximum Gasteiger partial charge on any atom is 0.277 e. The second-order valence-corrected chi connectivity index (χ2v) is 5.77. The van der Waals surface area contributed by atoms with Crippen LogP contribution in [0.25, 0.3) is 0 Å². The predicted octanol–water partition coefficient (Wildman–Crippen LogP) is 3.96. The van der Waals surface area contributed by atoms with Gasteiger partial charge >= 0.3 is 0 Å². The Morgan fingerprint density at radius 2 is 2.04 bits per heavy atom. The summed E-state index contributed by atoms with van der Waals surface area (Å²) in [4.78, 5) is 11.8. The van der Waals surface area contributed by atoms with Gasteiger partial charge in [0, 0.05) is 5.56 Å². The molecular formula is C18H16Cl2N2O3. The lowest BCUT2D eigenvalue weighted by Crippen LogP contribution is -2.24. The fourth-order valence-corrected chi connectivity index (χ4v) is 2.33. The molecule has 0 atom stereocenters. The van der Waals surface area contributed by atoms with Gasteiger partial charge in [0.15, 0.2) is 6.61 Å².